The van der Waals surface area contributed by atoms with Crippen molar-refractivity contribution in [2.45, 2.75) is 6.92 Å². The molecule has 1 heterocycles. The monoisotopic (exact) mass is 279 g/mol. The molecule has 1 aliphatic rings. The summed E-state index contributed by atoms with van der Waals surface area (Å²) in [5, 5.41) is 0. The Labute approximate surface area is 117 Å². The number of amides is 1. The zero-order chi connectivity index (χ0) is 14.7. The minimum atomic E-state index is -0.372. The maximum Gasteiger partial charge on any atom is 0.310 e. The average molecular weight is 279 g/mol. The van der Waals surface area contributed by atoms with E-state index in [1.807, 2.05) is 0 Å². The van der Waals surface area contributed by atoms with Crippen LogP contribution >= 0.6 is 0 Å². The van der Waals surface area contributed by atoms with E-state index in [9.17, 15) is 9.59 Å². The summed E-state index contributed by atoms with van der Waals surface area (Å²) in [5.74, 6) is 0.301. The molecule has 1 aromatic carbocycles. The lowest BCUT2D eigenvalue weighted by atomic mass is 10.1. The number of esters is 1. The van der Waals surface area contributed by atoms with Gasteiger partial charge < -0.3 is 19.1 Å². The standard InChI is InChI=1S/C14H17NO5/c1-9(14(17)18-3)7-15(2)13(16)10-4-5-11-12(6-10)20-8-19-11/h4-6,9H,7-8H2,1-3H3. The smallest absolute Gasteiger partial charge is 0.310 e. The van der Waals surface area contributed by atoms with E-state index in [2.05, 4.69) is 4.74 Å². The summed E-state index contributed by atoms with van der Waals surface area (Å²) in [6, 6.07) is 5.02. The molecule has 0 radical (unpaired) electrons. The van der Waals surface area contributed by atoms with Crippen molar-refractivity contribution in [1.29, 1.82) is 0 Å². The van der Waals surface area contributed by atoms with E-state index in [-0.39, 0.29) is 24.6 Å². The van der Waals surface area contributed by atoms with Crippen LogP contribution in [0.1, 0.15) is 17.3 Å². The van der Waals surface area contributed by atoms with Crippen LogP contribution in [0.3, 0.4) is 0 Å². The molecule has 1 aliphatic heterocycles. The van der Waals surface area contributed by atoms with E-state index in [0.29, 0.717) is 23.6 Å². The van der Waals surface area contributed by atoms with Gasteiger partial charge in [-0.05, 0) is 18.2 Å². The fourth-order valence-corrected chi connectivity index (χ4v) is 2.02. The zero-order valence-corrected chi connectivity index (χ0v) is 11.7. The third-order valence-corrected chi connectivity index (χ3v) is 3.12. The molecule has 0 N–H and O–H groups in total. The summed E-state index contributed by atoms with van der Waals surface area (Å²) in [6.45, 7) is 2.18. The molecule has 2 rings (SSSR count). The molecular formula is C14H17NO5. The zero-order valence-electron chi connectivity index (χ0n) is 11.7. The number of rotatable bonds is 4. The first kappa shape index (κ1) is 14.2. The molecule has 0 fully saturated rings. The van der Waals surface area contributed by atoms with E-state index in [1.54, 1.807) is 32.2 Å². The second kappa shape index (κ2) is 5.81. The molecule has 1 amide bonds. The van der Waals surface area contributed by atoms with Crippen molar-refractivity contribution in [3.05, 3.63) is 23.8 Å². The molecule has 0 saturated carbocycles. The van der Waals surface area contributed by atoms with Crippen LogP contribution in [0.5, 0.6) is 11.5 Å². The Morgan fingerprint density at radius 3 is 2.75 bits per heavy atom. The topological polar surface area (TPSA) is 65.1 Å². The molecule has 20 heavy (non-hydrogen) atoms. The van der Waals surface area contributed by atoms with Crippen molar-refractivity contribution in [2.75, 3.05) is 27.5 Å². The number of ether oxygens (including phenoxy) is 3. The minimum absolute atomic E-state index is 0.169. The highest BCUT2D eigenvalue weighted by atomic mass is 16.7. The third kappa shape index (κ3) is 2.84. The molecular weight excluding hydrogens is 262 g/mol. The van der Waals surface area contributed by atoms with Gasteiger partial charge in [-0.1, -0.05) is 6.92 Å². The Morgan fingerprint density at radius 1 is 1.35 bits per heavy atom. The highest BCUT2D eigenvalue weighted by molar-refractivity contribution is 5.95. The van der Waals surface area contributed by atoms with Crippen LogP contribution in [0, 0.1) is 5.92 Å². The lowest BCUT2D eigenvalue weighted by Crippen LogP contribution is -2.34. The van der Waals surface area contributed by atoms with Gasteiger partial charge in [0.05, 0.1) is 13.0 Å². The maximum atomic E-state index is 12.3. The molecule has 0 saturated heterocycles. The van der Waals surface area contributed by atoms with Crippen molar-refractivity contribution < 1.29 is 23.8 Å². The van der Waals surface area contributed by atoms with Crippen LogP contribution < -0.4 is 9.47 Å². The van der Waals surface area contributed by atoms with Gasteiger partial charge >= 0.3 is 5.97 Å². The van der Waals surface area contributed by atoms with Gasteiger partial charge in [0.2, 0.25) is 6.79 Å². The van der Waals surface area contributed by atoms with Crippen LogP contribution in [0.2, 0.25) is 0 Å². The van der Waals surface area contributed by atoms with Crippen LogP contribution in [0.4, 0.5) is 0 Å². The number of benzene rings is 1. The first-order valence-electron chi connectivity index (χ1n) is 6.26. The predicted octanol–water partition coefficient (Wildman–Crippen LogP) is 1.30. The molecule has 6 heteroatoms. The molecule has 0 aromatic heterocycles. The second-order valence-corrected chi connectivity index (χ2v) is 4.68. The number of carbonyl (C=O) groups excluding carboxylic acids is 2. The molecule has 1 unspecified atom stereocenters. The Kier molecular flexibility index (Phi) is 4.12. The van der Waals surface area contributed by atoms with E-state index in [1.165, 1.54) is 12.0 Å². The van der Waals surface area contributed by atoms with Crippen molar-refractivity contribution in [3.63, 3.8) is 0 Å². The number of methoxy groups -OCH3 is 1. The molecule has 0 aliphatic carbocycles. The van der Waals surface area contributed by atoms with Gasteiger partial charge in [-0.3, -0.25) is 9.59 Å². The largest absolute Gasteiger partial charge is 0.469 e. The normalized spacial score (nSPS) is 13.8. The molecule has 0 spiro atoms. The Morgan fingerprint density at radius 2 is 2.05 bits per heavy atom. The number of fused-ring (bicyclic) bond motifs is 1. The molecule has 108 valence electrons. The summed E-state index contributed by atoms with van der Waals surface area (Å²) in [7, 11) is 2.98. The van der Waals surface area contributed by atoms with Gasteiger partial charge in [-0.25, -0.2) is 0 Å². The molecule has 0 bridgehead atoms. The van der Waals surface area contributed by atoms with Crippen LogP contribution in [0.25, 0.3) is 0 Å². The highest BCUT2D eigenvalue weighted by Gasteiger charge is 2.21. The summed E-state index contributed by atoms with van der Waals surface area (Å²) in [6.07, 6.45) is 0. The summed E-state index contributed by atoms with van der Waals surface area (Å²) in [4.78, 5) is 25.1. The summed E-state index contributed by atoms with van der Waals surface area (Å²) in [5.41, 5.74) is 0.494. The Bertz CT molecular complexity index is 528. The maximum absolute atomic E-state index is 12.3. The van der Waals surface area contributed by atoms with E-state index < -0.39 is 0 Å². The lowest BCUT2D eigenvalue weighted by molar-refractivity contribution is -0.145. The molecule has 1 atom stereocenters. The third-order valence-electron chi connectivity index (χ3n) is 3.12. The van der Waals surface area contributed by atoms with Crippen molar-refractivity contribution in [3.8, 4) is 11.5 Å². The first-order valence-corrected chi connectivity index (χ1v) is 6.26. The Hall–Kier alpha value is -2.24. The van der Waals surface area contributed by atoms with Crippen LogP contribution in [-0.4, -0.2) is 44.3 Å². The highest BCUT2D eigenvalue weighted by Crippen LogP contribution is 2.32. The van der Waals surface area contributed by atoms with Crippen molar-refractivity contribution in [1.82, 2.24) is 4.90 Å². The van der Waals surface area contributed by atoms with Gasteiger partial charge in [0.15, 0.2) is 11.5 Å². The SMILES string of the molecule is COC(=O)C(C)CN(C)C(=O)c1ccc2c(c1)OCO2. The van der Waals surface area contributed by atoms with E-state index in [0.717, 1.165) is 0 Å². The van der Waals surface area contributed by atoms with Gasteiger partial charge in [-0.15, -0.1) is 0 Å². The van der Waals surface area contributed by atoms with E-state index >= 15 is 0 Å². The van der Waals surface area contributed by atoms with Crippen molar-refractivity contribution >= 4 is 11.9 Å². The number of nitrogens with zero attached hydrogens (tertiary/aromatic N) is 1. The van der Waals surface area contributed by atoms with E-state index in [4.69, 9.17) is 9.47 Å². The average Bonchev–Trinajstić information content (AvgIpc) is 2.92. The number of carbonyl (C=O) groups is 2. The Balaban J connectivity index is 2.05. The number of hydrogen-bond donors (Lipinski definition) is 0. The fourth-order valence-electron chi connectivity index (χ4n) is 2.02. The lowest BCUT2D eigenvalue weighted by Gasteiger charge is -2.20. The quantitative estimate of drug-likeness (QED) is 0.777. The fraction of sp³-hybridized carbons (Fsp3) is 0.429. The van der Waals surface area contributed by atoms with Crippen LogP contribution in [-0.2, 0) is 9.53 Å². The predicted molar refractivity (Wildman–Crippen MR) is 70.7 cm³/mol. The van der Waals surface area contributed by atoms with Gasteiger partial charge in [0.25, 0.3) is 5.91 Å². The molecule has 6 nitrogen and oxygen atoms in total. The second-order valence-electron chi connectivity index (χ2n) is 4.68. The minimum Gasteiger partial charge on any atom is -0.469 e. The van der Waals surface area contributed by atoms with Gasteiger partial charge in [0, 0.05) is 19.2 Å². The first-order chi connectivity index (χ1) is 9.52. The van der Waals surface area contributed by atoms with Crippen LogP contribution in [0.15, 0.2) is 18.2 Å². The van der Waals surface area contributed by atoms with Crippen molar-refractivity contribution in [2.24, 2.45) is 5.92 Å². The molecule has 1 aromatic rings. The summed E-state index contributed by atoms with van der Waals surface area (Å²) >= 11 is 0. The number of hydrogen-bond acceptors (Lipinski definition) is 5. The summed E-state index contributed by atoms with van der Waals surface area (Å²) < 4.78 is 15.1. The van der Waals surface area contributed by atoms with Gasteiger partial charge in [0.1, 0.15) is 0 Å². The van der Waals surface area contributed by atoms with Gasteiger partial charge in [-0.2, -0.15) is 0 Å².